The molecule has 40 heavy (non-hydrogen) atoms. The topological polar surface area (TPSA) is 131 Å². The molecule has 2 aromatic carbocycles. The number of nitrogens with one attached hydrogen (secondary N) is 2. The number of halogens is 6. The van der Waals surface area contributed by atoms with Gasteiger partial charge in [0.15, 0.2) is 5.96 Å². The van der Waals surface area contributed by atoms with Gasteiger partial charge in [0.2, 0.25) is 5.82 Å². The van der Waals surface area contributed by atoms with E-state index in [1.54, 1.807) is 12.1 Å². The zero-order chi connectivity index (χ0) is 29.2. The molecule has 0 spiro atoms. The first-order chi connectivity index (χ1) is 18.7. The van der Waals surface area contributed by atoms with Crippen LogP contribution < -0.4 is 22.1 Å². The third-order valence-electron chi connectivity index (χ3n) is 6.52. The summed E-state index contributed by atoms with van der Waals surface area (Å²) in [6, 6.07) is 6.01. The van der Waals surface area contributed by atoms with Gasteiger partial charge in [0.25, 0.3) is 5.91 Å². The second-order valence-corrected chi connectivity index (χ2v) is 9.67. The third-order valence-corrected chi connectivity index (χ3v) is 6.52. The fourth-order valence-corrected chi connectivity index (χ4v) is 4.64. The molecule has 0 unspecified atom stereocenters. The minimum atomic E-state index is -5.00. The van der Waals surface area contributed by atoms with Crippen LogP contribution in [-0.2, 0) is 18.9 Å². The van der Waals surface area contributed by atoms with Crippen molar-refractivity contribution in [1.29, 1.82) is 0 Å². The molecule has 14 heteroatoms. The fourth-order valence-electron chi connectivity index (χ4n) is 4.64. The SMILES string of the molecule is Cc1ccc2nc(C(=O)NCc3cc(C(F)(F)F)cc(C(F)(F)F)c3)nc(N[C@H]3CCCC[C@H]3N=C(N)N)c2c1. The number of nitrogens with two attached hydrogens (primary N) is 2. The number of aromatic nitrogens is 2. The summed E-state index contributed by atoms with van der Waals surface area (Å²) in [7, 11) is 0. The smallest absolute Gasteiger partial charge is 0.370 e. The Morgan fingerprint density at radius 3 is 2.25 bits per heavy atom. The molecule has 8 nitrogen and oxygen atoms in total. The van der Waals surface area contributed by atoms with Crippen molar-refractivity contribution >= 4 is 28.6 Å². The lowest BCUT2D eigenvalue weighted by Gasteiger charge is -2.30. The summed E-state index contributed by atoms with van der Waals surface area (Å²) in [5.74, 6) is -0.901. The van der Waals surface area contributed by atoms with Crippen LogP contribution in [0.1, 0.15) is 58.6 Å². The number of aliphatic imine (C=N–C) groups is 1. The Balaban J connectivity index is 1.63. The number of carbonyl (C=O) groups excluding carboxylic acids is 1. The van der Waals surface area contributed by atoms with Crippen LogP contribution in [0.2, 0.25) is 0 Å². The van der Waals surface area contributed by atoms with Gasteiger partial charge in [0.05, 0.1) is 28.7 Å². The lowest BCUT2D eigenvalue weighted by atomic mass is 9.90. The number of rotatable bonds is 6. The van der Waals surface area contributed by atoms with Crippen molar-refractivity contribution in [2.75, 3.05) is 5.32 Å². The first kappa shape index (κ1) is 28.9. The number of nitrogens with zero attached hydrogens (tertiary/aromatic N) is 3. The van der Waals surface area contributed by atoms with Crippen molar-refractivity contribution in [1.82, 2.24) is 15.3 Å². The van der Waals surface area contributed by atoms with Crippen LogP contribution in [0.3, 0.4) is 0 Å². The minimum Gasteiger partial charge on any atom is -0.370 e. The monoisotopic (exact) mass is 567 g/mol. The van der Waals surface area contributed by atoms with Crippen LogP contribution in [0, 0.1) is 6.92 Å². The number of amides is 1. The summed E-state index contributed by atoms with van der Waals surface area (Å²) in [5, 5.41) is 6.28. The van der Waals surface area contributed by atoms with E-state index in [1.165, 1.54) is 0 Å². The van der Waals surface area contributed by atoms with E-state index in [4.69, 9.17) is 11.5 Å². The summed E-state index contributed by atoms with van der Waals surface area (Å²) in [6.45, 7) is 1.26. The molecule has 214 valence electrons. The maximum absolute atomic E-state index is 13.2. The third kappa shape index (κ3) is 6.90. The highest BCUT2D eigenvalue weighted by atomic mass is 19.4. The van der Waals surface area contributed by atoms with E-state index >= 15 is 0 Å². The van der Waals surface area contributed by atoms with E-state index in [0.717, 1.165) is 31.2 Å². The zero-order valence-corrected chi connectivity index (χ0v) is 21.3. The van der Waals surface area contributed by atoms with Gasteiger partial charge < -0.3 is 22.1 Å². The van der Waals surface area contributed by atoms with Crippen LogP contribution in [0.5, 0.6) is 0 Å². The van der Waals surface area contributed by atoms with Gasteiger partial charge in [0, 0.05) is 11.9 Å². The van der Waals surface area contributed by atoms with E-state index in [-0.39, 0.29) is 35.5 Å². The van der Waals surface area contributed by atoms with Gasteiger partial charge in [-0.3, -0.25) is 4.79 Å². The van der Waals surface area contributed by atoms with Crippen LogP contribution in [0.15, 0.2) is 41.4 Å². The number of hydrogen-bond acceptors (Lipinski definition) is 5. The zero-order valence-electron chi connectivity index (χ0n) is 21.3. The fraction of sp³-hybridized carbons (Fsp3) is 0.385. The largest absolute Gasteiger partial charge is 0.416 e. The van der Waals surface area contributed by atoms with Crippen LogP contribution in [0.25, 0.3) is 10.9 Å². The van der Waals surface area contributed by atoms with Gasteiger partial charge in [-0.1, -0.05) is 24.5 Å². The van der Waals surface area contributed by atoms with Crippen molar-refractivity contribution in [3.63, 3.8) is 0 Å². The molecule has 6 N–H and O–H groups in total. The number of fused-ring (bicyclic) bond motifs is 1. The van der Waals surface area contributed by atoms with Crippen molar-refractivity contribution in [2.24, 2.45) is 16.5 Å². The number of alkyl halides is 6. The molecule has 1 aliphatic carbocycles. The predicted octanol–water partition coefficient (Wildman–Crippen LogP) is 4.90. The maximum Gasteiger partial charge on any atom is 0.416 e. The number of aryl methyl sites for hydroxylation is 1. The molecule has 1 aromatic heterocycles. The van der Waals surface area contributed by atoms with Crippen LogP contribution in [-0.4, -0.2) is 33.9 Å². The molecule has 4 rings (SSSR count). The van der Waals surface area contributed by atoms with Gasteiger partial charge >= 0.3 is 12.4 Å². The summed E-state index contributed by atoms with van der Waals surface area (Å²) in [5.41, 5.74) is 9.19. The molecule has 2 atom stereocenters. The van der Waals surface area contributed by atoms with E-state index in [1.807, 2.05) is 13.0 Å². The average Bonchev–Trinajstić information content (AvgIpc) is 2.87. The highest BCUT2D eigenvalue weighted by Gasteiger charge is 2.37. The molecule has 1 saturated carbocycles. The Morgan fingerprint density at radius 2 is 1.62 bits per heavy atom. The molecule has 1 fully saturated rings. The summed E-state index contributed by atoms with van der Waals surface area (Å²) in [4.78, 5) is 25.9. The number of guanidine groups is 1. The second kappa shape index (κ2) is 11.2. The van der Waals surface area contributed by atoms with Crippen molar-refractivity contribution < 1.29 is 31.1 Å². The molecular weight excluding hydrogens is 540 g/mol. The van der Waals surface area contributed by atoms with Gasteiger partial charge in [-0.25, -0.2) is 15.0 Å². The molecule has 1 aliphatic rings. The summed E-state index contributed by atoms with van der Waals surface area (Å²) < 4.78 is 79.2. The van der Waals surface area contributed by atoms with Gasteiger partial charge in [-0.15, -0.1) is 0 Å². The minimum absolute atomic E-state index is 0.0263. The number of hydrogen-bond donors (Lipinski definition) is 4. The van der Waals surface area contributed by atoms with Crippen molar-refractivity contribution in [3.8, 4) is 0 Å². The standard InChI is InChI=1S/C26H27F6N7O/c1-13-6-7-18-17(8-13)21(37-19-4-2-3-5-20(19)38-24(33)34)39-22(36-18)23(40)35-12-14-9-15(25(27,28)29)11-16(10-14)26(30,31)32/h6-11,19-20H,2-5,12H2,1H3,(H,35,40)(H4,33,34,38)(H,36,37,39)/t19-,20+/m0/s1. The Kier molecular flexibility index (Phi) is 8.08. The first-order valence-electron chi connectivity index (χ1n) is 12.4. The Morgan fingerprint density at radius 1 is 0.975 bits per heavy atom. The lowest BCUT2D eigenvalue weighted by molar-refractivity contribution is -0.143. The lowest BCUT2D eigenvalue weighted by Crippen LogP contribution is -2.38. The van der Waals surface area contributed by atoms with Crippen LogP contribution in [0.4, 0.5) is 32.2 Å². The molecule has 0 aliphatic heterocycles. The second-order valence-electron chi connectivity index (χ2n) is 9.67. The molecular formula is C26H27F6N7O. The first-order valence-corrected chi connectivity index (χ1v) is 12.4. The quantitative estimate of drug-likeness (QED) is 0.190. The predicted molar refractivity (Wildman–Crippen MR) is 137 cm³/mol. The number of benzene rings is 2. The van der Waals surface area contributed by atoms with Gasteiger partial charge in [-0.2, -0.15) is 26.3 Å². The van der Waals surface area contributed by atoms with E-state index < -0.39 is 35.9 Å². The Labute approximate surface area is 225 Å². The molecule has 0 bridgehead atoms. The van der Waals surface area contributed by atoms with Crippen molar-refractivity contribution in [3.05, 3.63) is 64.5 Å². The van der Waals surface area contributed by atoms with Crippen LogP contribution >= 0.6 is 0 Å². The molecule has 0 saturated heterocycles. The molecule has 1 heterocycles. The highest BCUT2D eigenvalue weighted by molar-refractivity contribution is 5.96. The summed E-state index contributed by atoms with van der Waals surface area (Å²) in [6.07, 6.45) is -6.69. The van der Waals surface area contributed by atoms with Gasteiger partial charge in [-0.05, 0) is 55.7 Å². The Hall–Kier alpha value is -4.10. The maximum atomic E-state index is 13.2. The van der Waals surface area contributed by atoms with E-state index in [2.05, 4.69) is 25.6 Å². The Bertz CT molecular complexity index is 1400. The molecule has 1 amide bonds. The van der Waals surface area contributed by atoms with Crippen molar-refractivity contribution in [2.45, 2.75) is 63.6 Å². The normalized spacial score (nSPS) is 17.9. The molecule has 0 radical (unpaired) electrons. The average molecular weight is 568 g/mol. The van der Waals surface area contributed by atoms with E-state index in [9.17, 15) is 31.1 Å². The molecule has 3 aromatic rings. The number of carbonyl (C=O) groups is 1. The highest BCUT2D eigenvalue weighted by Crippen LogP contribution is 2.36. The summed E-state index contributed by atoms with van der Waals surface area (Å²) >= 11 is 0. The van der Waals surface area contributed by atoms with E-state index in [0.29, 0.717) is 28.9 Å². The number of anilines is 1. The van der Waals surface area contributed by atoms with Gasteiger partial charge in [0.1, 0.15) is 5.82 Å².